The van der Waals surface area contributed by atoms with Gasteiger partial charge in [-0.3, -0.25) is 14.5 Å². The summed E-state index contributed by atoms with van der Waals surface area (Å²) in [7, 11) is 2.94. The third-order valence-electron chi connectivity index (χ3n) is 2.80. The molecule has 0 N–H and O–H groups in total. The van der Waals surface area contributed by atoms with Gasteiger partial charge in [-0.2, -0.15) is 0 Å². The second-order valence-electron chi connectivity index (χ2n) is 3.58. The lowest BCUT2D eigenvalue weighted by Gasteiger charge is -2.11. The van der Waals surface area contributed by atoms with E-state index in [1.54, 1.807) is 19.1 Å². The molecule has 0 aromatic heterocycles. The van der Waals surface area contributed by atoms with Crippen molar-refractivity contribution in [2.24, 2.45) is 0 Å². The summed E-state index contributed by atoms with van der Waals surface area (Å²) < 4.78 is 10.3. The quantitative estimate of drug-likeness (QED) is 0.741. The maximum absolute atomic E-state index is 12.1. The fourth-order valence-corrected chi connectivity index (χ4v) is 1.98. The first-order valence-corrected chi connectivity index (χ1v) is 5.26. The number of imide groups is 1. The standard InChI is InChI=1S/C12H13NO4/c1-4-13-11(14)7-5-6-8(16-2)10(17-3)9(7)12(13)15/h5-6H,4H2,1-3H3. The summed E-state index contributed by atoms with van der Waals surface area (Å²) in [5, 5.41) is 0. The van der Waals surface area contributed by atoms with Gasteiger partial charge < -0.3 is 9.47 Å². The molecule has 0 radical (unpaired) electrons. The Bertz CT molecular complexity index is 496. The first kappa shape index (κ1) is 11.4. The van der Waals surface area contributed by atoms with Gasteiger partial charge in [-0.25, -0.2) is 0 Å². The molecule has 17 heavy (non-hydrogen) atoms. The van der Waals surface area contributed by atoms with Crippen molar-refractivity contribution >= 4 is 11.8 Å². The van der Waals surface area contributed by atoms with Crippen molar-refractivity contribution in [1.82, 2.24) is 4.90 Å². The summed E-state index contributed by atoms with van der Waals surface area (Å²) in [5.41, 5.74) is 0.660. The van der Waals surface area contributed by atoms with Gasteiger partial charge in [0.25, 0.3) is 11.8 Å². The Balaban J connectivity index is 2.66. The maximum atomic E-state index is 12.1. The van der Waals surface area contributed by atoms with Gasteiger partial charge in [0.1, 0.15) is 0 Å². The van der Waals surface area contributed by atoms with Gasteiger partial charge in [-0.15, -0.1) is 0 Å². The van der Waals surface area contributed by atoms with Crippen molar-refractivity contribution < 1.29 is 19.1 Å². The van der Waals surface area contributed by atoms with Crippen LogP contribution < -0.4 is 9.47 Å². The highest BCUT2D eigenvalue weighted by Crippen LogP contribution is 2.37. The van der Waals surface area contributed by atoms with Crippen molar-refractivity contribution in [3.05, 3.63) is 23.3 Å². The normalized spacial score (nSPS) is 13.9. The second-order valence-corrected chi connectivity index (χ2v) is 3.58. The number of hydrogen-bond acceptors (Lipinski definition) is 4. The molecule has 1 heterocycles. The smallest absolute Gasteiger partial charge is 0.265 e. The summed E-state index contributed by atoms with van der Waals surface area (Å²) >= 11 is 0. The molecule has 2 rings (SSSR count). The van der Waals surface area contributed by atoms with Gasteiger partial charge in [0.05, 0.1) is 25.3 Å². The average Bonchev–Trinajstić information content (AvgIpc) is 2.60. The predicted molar refractivity (Wildman–Crippen MR) is 60.6 cm³/mol. The van der Waals surface area contributed by atoms with E-state index in [1.165, 1.54) is 19.1 Å². The van der Waals surface area contributed by atoms with Crippen LogP contribution in [0.4, 0.5) is 0 Å². The Morgan fingerprint density at radius 2 is 1.82 bits per heavy atom. The number of hydrogen-bond donors (Lipinski definition) is 0. The summed E-state index contributed by atoms with van der Waals surface area (Å²) in [6.07, 6.45) is 0. The molecule has 5 heteroatoms. The lowest BCUT2D eigenvalue weighted by atomic mass is 10.1. The summed E-state index contributed by atoms with van der Waals surface area (Å²) in [6.45, 7) is 2.10. The highest BCUT2D eigenvalue weighted by molar-refractivity contribution is 6.23. The minimum atomic E-state index is -0.330. The fourth-order valence-electron chi connectivity index (χ4n) is 1.98. The summed E-state index contributed by atoms with van der Waals surface area (Å²) in [5.74, 6) is 0.154. The van der Waals surface area contributed by atoms with Gasteiger partial charge in [0.15, 0.2) is 11.5 Å². The molecule has 0 fully saturated rings. The first-order chi connectivity index (χ1) is 8.15. The number of fused-ring (bicyclic) bond motifs is 1. The maximum Gasteiger partial charge on any atom is 0.265 e. The summed E-state index contributed by atoms with van der Waals surface area (Å²) in [4.78, 5) is 25.2. The minimum absolute atomic E-state index is 0.284. The van der Waals surface area contributed by atoms with Crippen LogP contribution in [0.25, 0.3) is 0 Å². The zero-order valence-electron chi connectivity index (χ0n) is 9.94. The monoisotopic (exact) mass is 235 g/mol. The molecule has 2 amide bonds. The molecular weight excluding hydrogens is 222 g/mol. The van der Waals surface area contributed by atoms with Gasteiger partial charge in [-0.1, -0.05) is 0 Å². The number of rotatable bonds is 3. The highest BCUT2D eigenvalue weighted by atomic mass is 16.5. The van der Waals surface area contributed by atoms with Crippen LogP contribution >= 0.6 is 0 Å². The average molecular weight is 235 g/mol. The highest BCUT2D eigenvalue weighted by Gasteiger charge is 2.38. The molecule has 1 aromatic carbocycles. The van der Waals surface area contributed by atoms with Crippen LogP contribution in [0.5, 0.6) is 11.5 Å². The lowest BCUT2D eigenvalue weighted by molar-refractivity contribution is 0.0662. The molecule has 1 aliphatic rings. The van der Waals surface area contributed by atoms with E-state index in [1.807, 2.05) is 0 Å². The zero-order valence-corrected chi connectivity index (χ0v) is 9.94. The second kappa shape index (κ2) is 4.08. The van der Waals surface area contributed by atoms with Crippen molar-refractivity contribution in [2.75, 3.05) is 20.8 Å². The van der Waals surface area contributed by atoms with E-state index >= 15 is 0 Å². The Morgan fingerprint density at radius 1 is 1.12 bits per heavy atom. The van der Waals surface area contributed by atoms with Gasteiger partial charge in [0, 0.05) is 6.54 Å². The van der Waals surface area contributed by atoms with Gasteiger partial charge >= 0.3 is 0 Å². The molecule has 0 bridgehead atoms. The van der Waals surface area contributed by atoms with Gasteiger partial charge in [0.2, 0.25) is 0 Å². The Hall–Kier alpha value is -2.04. The van der Waals surface area contributed by atoms with E-state index in [9.17, 15) is 9.59 Å². The van der Waals surface area contributed by atoms with E-state index in [0.29, 0.717) is 29.2 Å². The molecule has 1 aliphatic heterocycles. The van der Waals surface area contributed by atoms with E-state index in [0.717, 1.165) is 0 Å². The van der Waals surface area contributed by atoms with Crippen LogP contribution in [-0.2, 0) is 0 Å². The van der Waals surface area contributed by atoms with Crippen molar-refractivity contribution in [3.63, 3.8) is 0 Å². The largest absolute Gasteiger partial charge is 0.493 e. The Labute approximate surface area is 98.9 Å². The van der Waals surface area contributed by atoms with E-state index in [2.05, 4.69) is 0 Å². The molecule has 0 saturated carbocycles. The molecule has 0 saturated heterocycles. The molecule has 1 aromatic rings. The molecule has 0 atom stereocenters. The molecule has 0 spiro atoms. The number of carbonyl (C=O) groups is 2. The number of methoxy groups -OCH3 is 2. The van der Waals surface area contributed by atoms with Crippen molar-refractivity contribution in [2.45, 2.75) is 6.92 Å². The number of carbonyl (C=O) groups excluding carboxylic acids is 2. The van der Waals surface area contributed by atoms with Crippen molar-refractivity contribution in [3.8, 4) is 11.5 Å². The van der Waals surface area contributed by atoms with Crippen LogP contribution in [0.3, 0.4) is 0 Å². The van der Waals surface area contributed by atoms with Crippen LogP contribution in [0.2, 0.25) is 0 Å². The van der Waals surface area contributed by atoms with E-state index in [-0.39, 0.29) is 11.8 Å². The first-order valence-electron chi connectivity index (χ1n) is 5.26. The number of amides is 2. The third kappa shape index (κ3) is 1.46. The van der Waals surface area contributed by atoms with Crippen LogP contribution in [-0.4, -0.2) is 37.5 Å². The minimum Gasteiger partial charge on any atom is -0.493 e. The predicted octanol–water partition coefficient (Wildman–Crippen LogP) is 1.32. The third-order valence-corrected chi connectivity index (χ3v) is 2.80. The lowest BCUT2D eigenvalue weighted by Crippen LogP contribution is -2.29. The number of benzene rings is 1. The van der Waals surface area contributed by atoms with Crippen LogP contribution in [0.1, 0.15) is 27.6 Å². The van der Waals surface area contributed by atoms with Crippen LogP contribution in [0.15, 0.2) is 12.1 Å². The molecule has 5 nitrogen and oxygen atoms in total. The van der Waals surface area contributed by atoms with Crippen molar-refractivity contribution in [1.29, 1.82) is 0 Å². The molecule has 0 aliphatic carbocycles. The number of nitrogens with zero attached hydrogens (tertiary/aromatic N) is 1. The van der Waals surface area contributed by atoms with Gasteiger partial charge in [-0.05, 0) is 19.1 Å². The van der Waals surface area contributed by atoms with Crippen LogP contribution in [0, 0.1) is 0 Å². The SMILES string of the molecule is CCN1C(=O)c2ccc(OC)c(OC)c2C1=O. The number of ether oxygens (including phenoxy) is 2. The fraction of sp³-hybridized carbons (Fsp3) is 0.333. The van der Waals surface area contributed by atoms with E-state index < -0.39 is 0 Å². The Kier molecular flexibility index (Phi) is 2.75. The zero-order chi connectivity index (χ0) is 12.6. The topological polar surface area (TPSA) is 55.8 Å². The molecule has 0 unspecified atom stereocenters. The van der Waals surface area contributed by atoms with E-state index in [4.69, 9.17) is 9.47 Å². The molecule has 90 valence electrons. The Morgan fingerprint density at radius 3 is 2.35 bits per heavy atom. The summed E-state index contributed by atoms with van der Waals surface area (Å²) in [6, 6.07) is 3.22. The molecular formula is C12H13NO4.